The number of ketones is 1. The van der Waals surface area contributed by atoms with Gasteiger partial charge in [-0.1, -0.05) is 23.7 Å². The molecule has 0 saturated carbocycles. The van der Waals surface area contributed by atoms with Crippen LogP contribution >= 0.6 is 22.9 Å². The van der Waals surface area contributed by atoms with Crippen LogP contribution in [0.3, 0.4) is 0 Å². The highest BCUT2D eigenvalue weighted by Crippen LogP contribution is 2.23. The summed E-state index contributed by atoms with van der Waals surface area (Å²) < 4.78 is 5.31. The lowest BCUT2D eigenvalue weighted by atomic mass is 10.1. The largest absolute Gasteiger partial charge is 0.456 e. The van der Waals surface area contributed by atoms with Crippen LogP contribution in [0.15, 0.2) is 36.4 Å². The van der Waals surface area contributed by atoms with Crippen LogP contribution in [0.4, 0.5) is 0 Å². The number of Topliss-reactive ketones (excluding diaryl/α,β-unsaturated/α-hetero) is 1. The number of hydrogen-bond donors (Lipinski definition) is 0. The lowest BCUT2D eigenvalue weighted by Gasteiger charge is -2.12. The summed E-state index contributed by atoms with van der Waals surface area (Å²) in [7, 11) is 0. The van der Waals surface area contributed by atoms with E-state index in [4.69, 9.17) is 16.3 Å². The lowest BCUT2D eigenvalue weighted by molar-refractivity contribution is -0.142. The summed E-state index contributed by atoms with van der Waals surface area (Å²) in [4.78, 5) is 49.1. The number of nitrogens with zero attached hydrogens (tertiary/aromatic N) is 1. The Kier molecular flexibility index (Phi) is 4.46. The first-order valence-corrected chi connectivity index (χ1v) is 8.06. The molecule has 0 bridgehead atoms. The van der Waals surface area contributed by atoms with Crippen molar-refractivity contribution in [2.45, 2.75) is 0 Å². The Hall–Kier alpha value is -2.51. The molecule has 1 aliphatic rings. The van der Waals surface area contributed by atoms with Gasteiger partial charge in [0.25, 0.3) is 11.8 Å². The molecule has 0 atom stereocenters. The van der Waals surface area contributed by atoms with Crippen molar-refractivity contribution in [1.82, 2.24) is 4.90 Å². The van der Waals surface area contributed by atoms with Crippen LogP contribution < -0.4 is 0 Å². The number of esters is 1. The third-order valence-corrected chi connectivity index (χ3v) is 4.65. The molecule has 0 aliphatic carbocycles. The number of carbonyl (C=O) groups is 4. The molecular weight excluding hydrogens is 354 g/mol. The van der Waals surface area contributed by atoms with Gasteiger partial charge in [0, 0.05) is 0 Å². The van der Waals surface area contributed by atoms with Gasteiger partial charge in [-0.2, -0.15) is 0 Å². The maximum Gasteiger partial charge on any atom is 0.326 e. The fraction of sp³-hybridized carbons (Fsp3) is 0.125. The zero-order chi connectivity index (χ0) is 17.3. The van der Waals surface area contributed by atoms with Crippen LogP contribution in [0.1, 0.15) is 30.4 Å². The average molecular weight is 364 g/mol. The molecule has 1 aromatic carbocycles. The van der Waals surface area contributed by atoms with E-state index in [0.29, 0.717) is 9.21 Å². The molecule has 2 aromatic rings. The fourth-order valence-corrected chi connectivity index (χ4v) is 3.21. The van der Waals surface area contributed by atoms with Gasteiger partial charge in [0.1, 0.15) is 6.54 Å². The SMILES string of the molecule is O=C(CN1C(=O)c2ccccc2C1=O)OCC(=O)c1ccc(Cl)s1. The van der Waals surface area contributed by atoms with Crippen molar-refractivity contribution in [3.8, 4) is 0 Å². The van der Waals surface area contributed by atoms with Gasteiger partial charge in [-0.25, -0.2) is 0 Å². The van der Waals surface area contributed by atoms with Gasteiger partial charge in [0.2, 0.25) is 5.78 Å². The Morgan fingerprint density at radius 3 is 2.21 bits per heavy atom. The Morgan fingerprint density at radius 2 is 1.67 bits per heavy atom. The Bertz CT molecular complexity index is 825. The number of imide groups is 1. The summed E-state index contributed by atoms with van der Waals surface area (Å²) in [5.74, 6) is -2.34. The van der Waals surface area contributed by atoms with E-state index in [9.17, 15) is 19.2 Å². The predicted octanol–water partition coefficient (Wildman–Crippen LogP) is 2.42. The fourth-order valence-electron chi connectivity index (χ4n) is 2.24. The van der Waals surface area contributed by atoms with E-state index in [2.05, 4.69) is 0 Å². The van der Waals surface area contributed by atoms with Crippen LogP contribution in [0.25, 0.3) is 0 Å². The molecule has 8 heteroatoms. The van der Waals surface area contributed by atoms with Gasteiger partial charge in [-0.3, -0.25) is 24.1 Å². The standard InChI is InChI=1S/C16H10ClNO5S/c17-13-6-5-12(24-13)11(19)8-23-14(20)7-18-15(21)9-3-1-2-4-10(9)16(18)22/h1-6H,7-8H2. The van der Waals surface area contributed by atoms with Crippen molar-refractivity contribution in [3.63, 3.8) is 0 Å². The molecule has 2 heterocycles. The van der Waals surface area contributed by atoms with E-state index in [-0.39, 0.29) is 11.1 Å². The van der Waals surface area contributed by atoms with E-state index in [0.717, 1.165) is 16.2 Å². The molecule has 0 saturated heterocycles. The summed E-state index contributed by atoms with van der Waals surface area (Å²) in [6.07, 6.45) is 0. The first-order valence-electron chi connectivity index (χ1n) is 6.87. The minimum absolute atomic E-state index is 0.250. The number of thiophene rings is 1. The zero-order valence-corrected chi connectivity index (χ0v) is 13.7. The van der Waals surface area contributed by atoms with Gasteiger partial charge >= 0.3 is 5.97 Å². The van der Waals surface area contributed by atoms with Gasteiger partial charge in [0.15, 0.2) is 6.61 Å². The van der Waals surface area contributed by atoms with E-state index < -0.39 is 36.7 Å². The second-order valence-corrected chi connectivity index (χ2v) is 6.64. The van der Waals surface area contributed by atoms with Crippen molar-refractivity contribution < 1.29 is 23.9 Å². The smallest absolute Gasteiger partial charge is 0.326 e. The molecule has 2 amide bonds. The van der Waals surface area contributed by atoms with Crippen LogP contribution in [0.5, 0.6) is 0 Å². The molecule has 24 heavy (non-hydrogen) atoms. The molecule has 1 aromatic heterocycles. The minimum Gasteiger partial charge on any atom is -0.456 e. The summed E-state index contributed by atoms with van der Waals surface area (Å²) in [5.41, 5.74) is 0.499. The van der Waals surface area contributed by atoms with Crippen LogP contribution in [-0.2, 0) is 9.53 Å². The number of halogens is 1. The Morgan fingerprint density at radius 1 is 1.04 bits per heavy atom. The molecule has 0 N–H and O–H groups in total. The normalized spacial score (nSPS) is 13.1. The van der Waals surface area contributed by atoms with Crippen LogP contribution in [0.2, 0.25) is 4.34 Å². The van der Waals surface area contributed by atoms with Crippen molar-refractivity contribution >= 4 is 46.5 Å². The predicted molar refractivity (Wildman–Crippen MR) is 86.4 cm³/mol. The maximum absolute atomic E-state index is 12.1. The molecular formula is C16H10ClNO5S. The first-order chi connectivity index (χ1) is 11.5. The summed E-state index contributed by atoms with van der Waals surface area (Å²) in [6.45, 7) is -1.01. The number of carbonyl (C=O) groups excluding carboxylic acids is 4. The number of hydrogen-bond acceptors (Lipinski definition) is 6. The van der Waals surface area contributed by atoms with Crippen molar-refractivity contribution in [3.05, 3.63) is 56.7 Å². The Labute approximate surface area is 145 Å². The van der Waals surface area contributed by atoms with E-state index in [1.54, 1.807) is 18.2 Å². The number of rotatable bonds is 5. The summed E-state index contributed by atoms with van der Waals surface area (Å²) in [5, 5.41) is 0. The third-order valence-electron chi connectivity index (χ3n) is 3.38. The monoisotopic (exact) mass is 363 g/mol. The molecule has 0 radical (unpaired) electrons. The van der Waals surface area contributed by atoms with E-state index in [1.165, 1.54) is 18.2 Å². The van der Waals surface area contributed by atoms with Crippen molar-refractivity contribution in [2.75, 3.05) is 13.2 Å². The average Bonchev–Trinajstić information content (AvgIpc) is 3.11. The van der Waals surface area contributed by atoms with Crippen LogP contribution in [-0.4, -0.2) is 41.6 Å². The summed E-state index contributed by atoms with van der Waals surface area (Å²) >= 11 is 6.81. The topological polar surface area (TPSA) is 80.8 Å². The number of amides is 2. The van der Waals surface area contributed by atoms with Gasteiger partial charge in [-0.15, -0.1) is 11.3 Å². The molecule has 122 valence electrons. The number of fused-ring (bicyclic) bond motifs is 1. The van der Waals surface area contributed by atoms with Crippen molar-refractivity contribution in [1.29, 1.82) is 0 Å². The minimum atomic E-state index is -0.833. The highest BCUT2D eigenvalue weighted by molar-refractivity contribution is 7.18. The zero-order valence-electron chi connectivity index (χ0n) is 12.2. The maximum atomic E-state index is 12.1. The van der Waals surface area contributed by atoms with Gasteiger partial charge in [-0.05, 0) is 24.3 Å². The van der Waals surface area contributed by atoms with Gasteiger partial charge < -0.3 is 4.74 Å². The summed E-state index contributed by atoms with van der Waals surface area (Å²) in [6, 6.07) is 9.41. The highest BCUT2D eigenvalue weighted by Gasteiger charge is 2.36. The van der Waals surface area contributed by atoms with Crippen LogP contribution in [0, 0.1) is 0 Å². The molecule has 6 nitrogen and oxygen atoms in total. The molecule has 3 rings (SSSR count). The highest BCUT2D eigenvalue weighted by atomic mass is 35.5. The second kappa shape index (κ2) is 6.54. The molecule has 0 unspecified atom stereocenters. The molecule has 1 aliphatic heterocycles. The van der Waals surface area contributed by atoms with E-state index in [1.807, 2.05) is 0 Å². The second-order valence-electron chi connectivity index (χ2n) is 4.93. The first kappa shape index (κ1) is 16.4. The van der Waals surface area contributed by atoms with Crippen molar-refractivity contribution in [2.24, 2.45) is 0 Å². The number of ether oxygens (including phenoxy) is 1. The third kappa shape index (κ3) is 3.08. The number of benzene rings is 1. The van der Waals surface area contributed by atoms with Gasteiger partial charge in [0.05, 0.1) is 20.3 Å². The Balaban J connectivity index is 1.59. The van der Waals surface area contributed by atoms with E-state index >= 15 is 0 Å². The quantitative estimate of drug-likeness (QED) is 0.463. The molecule has 0 fully saturated rings. The lowest BCUT2D eigenvalue weighted by Crippen LogP contribution is -2.36. The molecule has 0 spiro atoms.